The van der Waals surface area contributed by atoms with Gasteiger partial charge in [0, 0.05) is 32.4 Å². The number of nitrogens with one attached hydrogen (secondary N) is 1. The van der Waals surface area contributed by atoms with E-state index in [-0.39, 0.29) is 0 Å². The molecule has 0 saturated carbocycles. The highest BCUT2D eigenvalue weighted by Crippen LogP contribution is 2.28. The largest absolute Gasteiger partial charge is 0.385 e. The molecule has 1 aromatic carbocycles. The molecule has 0 radical (unpaired) electrons. The fourth-order valence-electron chi connectivity index (χ4n) is 2.93. The molecule has 0 aliphatic rings. The number of benzene rings is 1. The lowest BCUT2D eigenvalue weighted by molar-refractivity contribution is -0.225. The Hall–Kier alpha value is -1.06. The average Bonchev–Trinajstić information content (AvgIpc) is 2.60. The van der Waals surface area contributed by atoms with Gasteiger partial charge in [0.1, 0.15) is 0 Å². The van der Waals surface area contributed by atoms with E-state index in [0.29, 0.717) is 5.92 Å². The van der Waals surface area contributed by atoms with Crippen molar-refractivity contribution in [1.29, 1.82) is 0 Å². The second-order valence-corrected chi connectivity index (χ2v) is 6.42. The number of unbranched alkanes of at least 4 members (excludes halogenated alkanes) is 5. The molecule has 1 aromatic rings. The van der Waals surface area contributed by atoms with Crippen LogP contribution in [0.5, 0.6) is 0 Å². The molecular weight excluding hydrogens is 286 g/mol. The molecule has 0 saturated heterocycles. The van der Waals surface area contributed by atoms with Crippen molar-refractivity contribution in [3.63, 3.8) is 0 Å². The highest BCUT2D eigenvalue weighted by Gasteiger charge is 2.33. The lowest BCUT2D eigenvalue weighted by Crippen LogP contribution is -2.42. The lowest BCUT2D eigenvalue weighted by Gasteiger charge is -2.35. The molecule has 23 heavy (non-hydrogen) atoms. The molecule has 1 unspecified atom stereocenters. The third-order valence-electron chi connectivity index (χ3n) is 4.78. The van der Waals surface area contributed by atoms with E-state index in [2.05, 4.69) is 36.5 Å². The molecule has 0 amide bonds. The summed E-state index contributed by atoms with van der Waals surface area (Å²) in [6.45, 7) is 5.16. The van der Waals surface area contributed by atoms with E-state index in [0.717, 1.165) is 18.7 Å². The van der Waals surface area contributed by atoms with E-state index in [1.165, 1.54) is 38.5 Å². The second-order valence-electron chi connectivity index (χ2n) is 6.42. The highest BCUT2D eigenvalue weighted by atomic mass is 16.7. The summed E-state index contributed by atoms with van der Waals surface area (Å²) >= 11 is 0. The molecule has 0 aliphatic carbocycles. The Kier molecular flexibility index (Phi) is 9.97. The van der Waals surface area contributed by atoms with Gasteiger partial charge >= 0.3 is 0 Å². The molecule has 0 aromatic heterocycles. The monoisotopic (exact) mass is 321 g/mol. The topological polar surface area (TPSA) is 30.5 Å². The molecule has 1 rings (SSSR count). The van der Waals surface area contributed by atoms with Gasteiger partial charge in [0.25, 0.3) is 0 Å². The first-order valence-electron chi connectivity index (χ1n) is 9.05. The predicted octanol–water partition coefficient (Wildman–Crippen LogP) is 5.47. The minimum absolute atomic E-state index is 0.323. The van der Waals surface area contributed by atoms with Crippen molar-refractivity contribution in [1.82, 2.24) is 0 Å². The van der Waals surface area contributed by atoms with Crippen molar-refractivity contribution in [2.45, 2.75) is 64.6 Å². The maximum absolute atomic E-state index is 5.67. The van der Waals surface area contributed by atoms with Gasteiger partial charge in [-0.25, -0.2) is 0 Å². The summed E-state index contributed by atoms with van der Waals surface area (Å²) in [6.07, 6.45) is 8.99. The number of hydrogen-bond acceptors (Lipinski definition) is 3. The molecule has 0 bridgehead atoms. The third kappa shape index (κ3) is 7.36. The summed E-state index contributed by atoms with van der Waals surface area (Å²) < 4.78 is 11.3. The third-order valence-corrected chi connectivity index (χ3v) is 4.78. The van der Waals surface area contributed by atoms with E-state index >= 15 is 0 Å². The van der Waals surface area contributed by atoms with Crippen molar-refractivity contribution in [2.75, 3.05) is 26.1 Å². The maximum Gasteiger partial charge on any atom is 0.169 e. The van der Waals surface area contributed by atoms with Gasteiger partial charge < -0.3 is 14.8 Å². The van der Waals surface area contributed by atoms with Crippen LogP contribution in [0.4, 0.5) is 5.69 Å². The van der Waals surface area contributed by atoms with Crippen LogP contribution < -0.4 is 5.32 Å². The van der Waals surface area contributed by atoms with Gasteiger partial charge in [-0.2, -0.15) is 0 Å². The van der Waals surface area contributed by atoms with Gasteiger partial charge in [0.05, 0.1) is 0 Å². The number of hydrogen-bond donors (Lipinski definition) is 1. The minimum Gasteiger partial charge on any atom is -0.385 e. The van der Waals surface area contributed by atoms with Crippen LogP contribution in [-0.4, -0.2) is 26.6 Å². The van der Waals surface area contributed by atoms with Crippen LogP contribution in [0, 0.1) is 5.92 Å². The number of anilines is 1. The van der Waals surface area contributed by atoms with Crippen LogP contribution in [0.3, 0.4) is 0 Å². The predicted molar refractivity (Wildman–Crippen MR) is 98.8 cm³/mol. The van der Waals surface area contributed by atoms with Crippen LogP contribution in [0.2, 0.25) is 0 Å². The Balaban J connectivity index is 2.49. The number of para-hydroxylation sites is 1. The molecule has 3 nitrogen and oxygen atoms in total. The first-order valence-corrected chi connectivity index (χ1v) is 9.05. The molecule has 3 heteroatoms. The minimum atomic E-state index is -0.537. The Morgan fingerprint density at radius 1 is 0.957 bits per heavy atom. The van der Waals surface area contributed by atoms with E-state index in [9.17, 15) is 0 Å². The standard InChI is InChI=1S/C20H35NO2/c1-5-6-7-8-9-11-14-18(20(2,22-3)23-4)17-21-19-15-12-10-13-16-19/h10,12-13,15-16,18,21H,5-9,11,14,17H2,1-4H3. The molecular formula is C20H35NO2. The van der Waals surface area contributed by atoms with Crippen molar-refractivity contribution in [3.05, 3.63) is 30.3 Å². The molecule has 0 aliphatic heterocycles. The SMILES string of the molecule is CCCCCCCCC(CNc1ccccc1)C(C)(OC)OC. The van der Waals surface area contributed by atoms with E-state index in [1.54, 1.807) is 14.2 Å². The van der Waals surface area contributed by atoms with Gasteiger partial charge in [0.15, 0.2) is 5.79 Å². The maximum atomic E-state index is 5.67. The van der Waals surface area contributed by atoms with E-state index < -0.39 is 5.79 Å². The highest BCUT2D eigenvalue weighted by molar-refractivity contribution is 5.42. The summed E-state index contributed by atoms with van der Waals surface area (Å²) in [7, 11) is 3.47. The van der Waals surface area contributed by atoms with E-state index in [4.69, 9.17) is 9.47 Å². The summed E-state index contributed by atoms with van der Waals surface area (Å²) in [5.74, 6) is -0.213. The van der Waals surface area contributed by atoms with Crippen molar-refractivity contribution in [2.24, 2.45) is 5.92 Å². The first kappa shape index (κ1) is 20.0. The summed E-state index contributed by atoms with van der Waals surface area (Å²) in [5.41, 5.74) is 1.15. The zero-order valence-corrected chi connectivity index (χ0v) is 15.4. The van der Waals surface area contributed by atoms with Crippen LogP contribution in [0.25, 0.3) is 0 Å². The summed E-state index contributed by atoms with van der Waals surface area (Å²) in [6, 6.07) is 10.3. The zero-order valence-electron chi connectivity index (χ0n) is 15.4. The summed E-state index contributed by atoms with van der Waals surface area (Å²) in [4.78, 5) is 0. The van der Waals surface area contributed by atoms with Gasteiger partial charge in [-0.05, 0) is 25.5 Å². The van der Waals surface area contributed by atoms with Crippen LogP contribution in [0.15, 0.2) is 30.3 Å². The van der Waals surface area contributed by atoms with Gasteiger partial charge in [-0.3, -0.25) is 0 Å². The number of methoxy groups -OCH3 is 2. The van der Waals surface area contributed by atoms with Crippen molar-refractivity contribution in [3.8, 4) is 0 Å². The van der Waals surface area contributed by atoms with Crippen molar-refractivity contribution >= 4 is 5.69 Å². The molecule has 132 valence electrons. The summed E-state index contributed by atoms with van der Waals surface area (Å²) in [5, 5.41) is 3.52. The Morgan fingerprint density at radius 3 is 2.17 bits per heavy atom. The average molecular weight is 322 g/mol. The van der Waals surface area contributed by atoms with Crippen LogP contribution in [-0.2, 0) is 9.47 Å². The number of rotatable bonds is 13. The molecule has 0 spiro atoms. The Labute approximate surface area is 142 Å². The fourth-order valence-corrected chi connectivity index (χ4v) is 2.93. The number of ether oxygens (including phenoxy) is 2. The van der Waals surface area contributed by atoms with Gasteiger partial charge in [-0.15, -0.1) is 0 Å². The van der Waals surface area contributed by atoms with Gasteiger partial charge in [-0.1, -0.05) is 63.6 Å². The zero-order chi connectivity index (χ0) is 17.0. The van der Waals surface area contributed by atoms with Crippen LogP contribution in [0.1, 0.15) is 58.8 Å². The van der Waals surface area contributed by atoms with Gasteiger partial charge in [0.2, 0.25) is 0 Å². The fraction of sp³-hybridized carbons (Fsp3) is 0.700. The second kappa shape index (κ2) is 11.5. The lowest BCUT2D eigenvalue weighted by atomic mass is 9.92. The van der Waals surface area contributed by atoms with E-state index in [1.807, 2.05) is 13.0 Å². The Morgan fingerprint density at radius 2 is 1.57 bits per heavy atom. The normalized spacial score (nSPS) is 13.0. The van der Waals surface area contributed by atoms with Crippen LogP contribution >= 0.6 is 0 Å². The molecule has 1 N–H and O–H groups in total. The molecule has 1 atom stereocenters. The quantitative estimate of drug-likeness (QED) is 0.386. The smallest absolute Gasteiger partial charge is 0.169 e. The Bertz CT molecular complexity index is 390. The molecule has 0 fully saturated rings. The molecule has 0 heterocycles. The first-order chi connectivity index (χ1) is 11.2. The van der Waals surface area contributed by atoms with Crippen molar-refractivity contribution < 1.29 is 9.47 Å².